The molecule has 0 aromatic rings. The van der Waals surface area contributed by atoms with Crippen molar-refractivity contribution in [3.05, 3.63) is 0 Å². The summed E-state index contributed by atoms with van der Waals surface area (Å²) in [5.41, 5.74) is -0.337. The van der Waals surface area contributed by atoms with E-state index >= 15 is 0 Å². The molecule has 3 unspecified atom stereocenters. The molecule has 0 aromatic carbocycles. The number of hydrogen-bond donors (Lipinski definition) is 2. The van der Waals surface area contributed by atoms with Crippen molar-refractivity contribution >= 4 is 30.7 Å². The fraction of sp³-hybridized carbons (Fsp3) is 0.938. The van der Waals surface area contributed by atoms with Crippen LogP contribution in [-0.2, 0) is 4.79 Å². The van der Waals surface area contributed by atoms with Crippen LogP contribution in [0.25, 0.3) is 0 Å². The summed E-state index contributed by atoms with van der Waals surface area (Å²) in [5, 5.41) is 6.77. The fourth-order valence-corrected chi connectivity index (χ4v) is 4.33. The molecule has 0 radical (unpaired) electrons. The summed E-state index contributed by atoms with van der Waals surface area (Å²) in [5.74, 6) is 0.227. The number of nitrogens with one attached hydrogen (secondary N) is 2. The van der Waals surface area contributed by atoms with Gasteiger partial charge in [-0.15, -0.1) is 24.8 Å². The Morgan fingerprint density at radius 1 is 1.14 bits per heavy atom. The van der Waals surface area contributed by atoms with Crippen molar-refractivity contribution in [2.24, 2.45) is 0 Å². The van der Waals surface area contributed by atoms with Gasteiger partial charge in [0.2, 0.25) is 5.91 Å². The molecular weight excluding hydrogens is 321 g/mol. The maximum atomic E-state index is 12.6. The van der Waals surface area contributed by atoms with E-state index < -0.39 is 0 Å². The molecule has 0 aromatic heterocycles. The van der Waals surface area contributed by atoms with Crippen molar-refractivity contribution in [3.8, 4) is 0 Å². The first-order valence-electron chi connectivity index (χ1n) is 8.36. The number of hydrogen-bond acceptors (Lipinski definition) is 3. The molecule has 2 bridgehead atoms. The minimum Gasteiger partial charge on any atom is -0.352 e. The standard InChI is InChI=1S/C16H29N3O.2ClH/c1-16(8-3-4-9-17-16)15(20)18-12-10-13-6-5-7-14(11-12)19(13)2;;/h12-14,17H,3-11H2,1-2H3,(H,18,20);2*1H. The van der Waals surface area contributed by atoms with Gasteiger partial charge in [0.05, 0.1) is 5.54 Å². The number of carbonyl (C=O) groups is 1. The van der Waals surface area contributed by atoms with Crippen molar-refractivity contribution in [3.63, 3.8) is 0 Å². The largest absolute Gasteiger partial charge is 0.352 e. The van der Waals surface area contributed by atoms with Crippen LogP contribution < -0.4 is 10.6 Å². The molecule has 6 heteroatoms. The highest BCUT2D eigenvalue weighted by molar-refractivity contribution is 5.86. The smallest absolute Gasteiger partial charge is 0.240 e. The van der Waals surface area contributed by atoms with E-state index in [4.69, 9.17) is 0 Å². The summed E-state index contributed by atoms with van der Waals surface area (Å²) in [6.45, 7) is 3.04. The zero-order valence-electron chi connectivity index (χ0n) is 13.8. The van der Waals surface area contributed by atoms with Crippen molar-refractivity contribution in [2.45, 2.75) is 82.0 Å². The Hall–Kier alpha value is -0.0300. The first kappa shape index (κ1) is 20.0. The lowest BCUT2D eigenvalue weighted by Gasteiger charge is -2.47. The van der Waals surface area contributed by atoms with E-state index in [2.05, 4.69) is 29.5 Å². The number of nitrogens with zero attached hydrogens (tertiary/aromatic N) is 1. The van der Waals surface area contributed by atoms with E-state index in [1.54, 1.807) is 0 Å². The molecule has 3 rings (SSSR count). The summed E-state index contributed by atoms with van der Waals surface area (Å²) in [7, 11) is 2.26. The summed E-state index contributed by atoms with van der Waals surface area (Å²) >= 11 is 0. The van der Waals surface area contributed by atoms with Gasteiger partial charge in [0.25, 0.3) is 0 Å². The number of carbonyl (C=O) groups excluding carboxylic acids is 1. The second-order valence-electron chi connectivity index (χ2n) is 7.26. The Labute approximate surface area is 147 Å². The molecule has 3 heterocycles. The number of halogens is 2. The predicted molar refractivity (Wildman–Crippen MR) is 95.1 cm³/mol. The molecule has 3 aliphatic rings. The van der Waals surface area contributed by atoms with Crippen LogP contribution in [0, 0.1) is 0 Å². The van der Waals surface area contributed by atoms with Crippen molar-refractivity contribution < 1.29 is 4.79 Å². The Kier molecular flexibility index (Phi) is 7.44. The summed E-state index contributed by atoms with van der Waals surface area (Å²) < 4.78 is 0. The average Bonchev–Trinajstić information content (AvgIpc) is 2.41. The third-order valence-corrected chi connectivity index (χ3v) is 5.79. The monoisotopic (exact) mass is 351 g/mol. The van der Waals surface area contributed by atoms with Gasteiger partial charge in [-0.1, -0.05) is 6.42 Å². The molecule has 3 fully saturated rings. The molecule has 22 heavy (non-hydrogen) atoms. The summed E-state index contributed by atoms with van der Waals surface area (Å²) in [4.78, 5) is 15.2. The molecule has 4 nitrogen and oxygen atoms in total. The van der Waals surface area contributed by atoms with E-state index in [1.807, 2.05) is 0 Å². The SMILES string of the molecule is CN1C2CCCC1CC(NC(=O)C1(C)CCCCN1)C2.Cl.Cl. The number of fused-ring (bicyclic) bond motifs is 2. The van der Waals surface area contributed by atoms with Gasteiger partial charge in [0.15, 0.2) is 0 Å². The minimum atomic E-state index is -0.337. The maximum Gasteiger partial charge on any atom is 0.240 e. The van der Waals surface area contributed by atoms with Crippen LogP contribution in [0.2, 0.25) is 0 Å². The maximum absolute atomic E-state index is 12.6. The van der Waals surface area contributed by atoms with Crippen LogP contribution in [0.5, 0.6) is 0 Å². The molecule has 0 saturated carbocycles. The zero-order valence-corrected chi connectivity index (χ0v) is 15.4. The molecular formula is C16H31Cl2N3O. The van der Waals surface area contributed by atoms with Crippen LogP contribution >= 0.6 is 24.8 Å². The van der Waals surface area contributed by atoms with E-state index in [9.17, 15) is 4.79 Å². The van der Waals surface area contributed by atoms with Crippen LogP contribution in [0.1, 0.15) is 58.3 Å². The Morgan fingerprint density at radius 2 is 1.77 bits per heavy atom. The molecule has 3 saturated heterocycles. The van der Waals surface area contributed by atoms with Gasteiger partial charge in [0, 0.05) is 18.1 Å². The average molecular weight is 352 g/mol. The topological polar surface area (TPSA) is 44.4 Å². The Balaban J connectivity index is 0.00000121. The molecule has 130 valence electrons. The number of rotatable bonds is 2. The van der Waals surface area contributed by atoms with E-state index in [1.165, 1.54) is 25.7 Å². The predicted octanol–water partition coefficient (Wildman–Crippen LogP) is 2.49. The number of piperidine rings is 3. The van der Waals surface area contributed by atoms with Gasteiger partial charge in [-0.3, -0.25) is 4.79 Å². The lowest BCUT2D eigenvalue weighted by molar-refractivity contribution is -0.129. The first-order chi connectivity index (χ1) is 9.58. The third-order valence-electron chi connectivity index (χ3n) is 5.79. The Morgan fingerprint density at radius 3 is 2.32 bits per heavy atom. The minimum absolute atomic E-state index is 0. The first-order valence-corrected chi connectivity index (χ1v) is 8.36. The molecule has 3 aliphatic heterocycles. The second-order valence-corrected chi connectivity index (χ2v) is 7.26. The van der Waals surface area contributed by atoms with Crippen molar-refractivity contribution in [1.82, 2.24) is 15.5 Å². The van der Waals surface area contributed by atoms with Gasteiger partial charge in [-0.05, 0) is 65.5 Å². The summed E-state index contributed by atoms with van der Waals surface area (Å²) in [6, 6.07) is 1.74. The van der Waals surface area contributed by atoms with Gasteiger partial charge in [-0.25, -0.2) is 0 Å². The molecule has 2 N–H and O–H groups in total. The highest BCUT2D eigenvalue weighted by Gasteiger charge is 2.39. The normalized spacial score (nSPS) is 38.4. The molecule has 1 amide bonds. The highest BCUT2D eigenvalue weighted by Crippen LogP contribution is 2.33. The van der Waals surface area contributed by atoms with Gasteiger partial charge in [-0.2, -0.15) is 0 Å². The van der Waals surface area contributed by atoms with E-state index in [-0.39, 0.29) is 36.3 Å². The second kappa shape index (κ2) is 8.18. The van der Waals surface area contributed by atoms with E-state index in [0.717, 1.165) is 32.2 Å². The van der Waals surface area contributed by atoms with Crippen LogP contribution in [0.15, 0.2) is 0 Å². The van der Waals surface area contributed by atoms with Gasteiger partial charge in [0.1, 0.15) is 0 Å². The highest BCUT2D eigenvalue weighted by atomic mass is 35.5. The zero-order chi connectivity index (χ0) is 14.2. The lowest BCUT2D eigenvalue weighted by Crippen LogP contribution is -2.61. The third kappa shape index (κ3) is 4.08. The van der Waals surface area contributed by atoms with Crippen LogP contribution in [-0.4, -0.2) is 48.1 Å². The molecule has 3 atom stereocenters. The van der Waals surface area contributed by atoms with Gasteiger partial charge < -0.3 is 15.5 Å². The van der Waals surface area contributed by atoms with E-state index in [0.29, 0.717) is 18.1 Å². The fourth-order valence-electron chi connectivity index (χ4n) is 4.33. The van der Waals surface area contributed by atoms with Crippen molar-refractivity contribution in [1.29, 1.82) is 0 Å². The molecule has 0 spiro atoms. The quantitative estimate of drug-likeness (QED) is 0.803. The van der Waals surface area contributed by atoms with Crippen molar-refractivity contribution in [2.75, 3.05) is 13.6 Å². The number of amides is 1. The lowest BCUT2D eigenvalue weighted by atomic mass is 9.81. The van der Waals surface area contributed by atoms with Crippen LogP contribution in [0.3, 0.4) is 0 Å². The molecule has 0 aliphatic carbocycles. The Bertz CT molecular complexity index is 360. The van der Waals surface area contributed by atoms with Crippen LogP contribution in [0.4, 0.5) is 0 Å². The van der Waals surface area contributed by atoms with Gasteiger partial charge >= 0.3 is 0 Å². The summed E-state index contributed by atoms with van der Waals surface area (Å²) in [6.07, 6.45) is 9.56.